The van der Waals surface area contributed by atoms with Crippen LogP contribution in [0.1, 0.15) is 23.2 Å². The Bertz CT molecular complexity index is 912. The van der Waals surface area contributed by atoms with Crippen LogP contribution in [0.3, 0.4) is 0 Å². The molecule has 5 nitrogen and oxygen atoms in total. The third-order valence-electron chi connectivity index (χ3n) is 4.47. The zero-order chi connectivity index (χ0) is 17.4. The second-order valence-corrected chi connectivity index (χ2v) is 6.70. The first-order valence-electron chi connectivity index (χ1n) is 8.27. The molecule has 1 N–H and O–H groups in total. The average Bonchev–Trinajstić information content (AvgIpc) is 3.15. The van der Waals surface area contributed by atoms with E-state index in [-0.39, 0.29) is 5.91 Å². The van der Waals surface area contributed by atoms with E-state index in [0.29, 0.717) is 11.6 Å². The van der Waals surface area contributed by atoms with Crippen LogP contribution in [0.15, 0.2) is 35.9 Å². The van der Waals surface area contributed by atoms with E-state index in [2.05, 4.69) is 10.4 Å². The van der Waals surface area contributed by atoms with Crippen LogP contribution in [0, 0.1) is 0 Å². The van der Waals surface area contributed by atoms with Crippen molar-refractivity contribution in [2.45, 2.75) is 19.3 Å². The molecule has 0 spiro atoms. The van der Waals surface area contributed by atoms with Gasteiger partial charge in [0.1, 0.15) is 18.2 Å². The number of nitrogens with zero attached hydrogens (tertiary/aromatic N) is 2. The summed E-state index contributed by atoms with van der Waals surface area (Å²) in [7, 11) is 1.86. The second kappa shape index (κ2) is 6.41. The number of rotatable bonds is 3. The number of halogens is 1. The first kappa shape index (κ1) is 16.0. The molecular formula is C19H18ClN3O2. The van der Waals surface area contributed by atoms with Gasteiger partial charge in [0.2, 0.25) is 5.91 Å². The minimum atomic E-state index is -0.171. The maximum atomic E-state index is 12.3. The molecule has 1 aromatic carbocycles. The van der Waals surface area contributed by atoms with Crippen LogP contribution in [0.4, 0.5) is 5.82 Å². The number of nitrogens with one attached hydrogen (secondary N) is 1. The molecule has 128 valence electrons. The molecule has 0 saturated carbocycles. The van der Waals surface area contributed by atoms with Crippen LogP contribution in [-0.2, 0) is 24.7 Å². The minimum absolute atomic E-state index is 0.171. The number of ether oxygens (including phenoxy) is 1. The molecule has 0 unspecified atom stereocenters. The topological polar surface area (TPSA) is 56.2 Å². The number of anilines is 1. The van der Waals surface area contributed by atoms with Crippen LogP contribution in [0.2, 0.25) is 5.02 Å². The lowest BCUT2D eigenvalue weighted by atomic mass is 10.1. The van der Waals surface area contributed by atoms with E-state index < -0.39 is 0 Å². The van der Waals surface area contributed by atoms with Crippen molar-refractivity contribution in [2.75, 3.05) is 11.9 Å². The Morgan fingerprint density at radius 1 is 1.40 bits per heavy atom. The van der Waals surface area contributed by atoms with Crippen LogP contribution >= 0.6 is 11.6 Å². The van der Waals surface area contributed by atoms with Crippen molar-refractivity contribution in [3.05, 3.63) is 57.8 Å². The molecule has 1 amide bonds. The highest BCUT2D eigenvalue weighted by Gasteiger charge is 2.21. The average molecular weight is 356 g/mol. The predicted molar refractivity (Wildman–Crippen MR) is 97.9 cm³/mol. The molecule has 1 aliphatic heterocycles. The normalized spacial score (nSPS) is 15.5. The Hall–Kier alpha value is -2.53. The summed E-state index contributed by atoms with van der Waals surface area (Å²) < 4.78 is 7.43. The standard InChI is InChI=1S/C19H18ClN3O2/c1-23-19(15-3-2-4-16(15)22-23)21-18(24)8-5-12-9-13-10-14(20)6-7-17(13)25-11-12/h5-10H,2-4,11H2,1H3,(H,21,24)/b8-5+. The highest BCUT2D eigenvalue weighted by Crippen LogP contribution is 2.30. The third kappa shape index (κ3) is 3.20. The van der Waals surface area contributed by atoms with Gasteiger partial charge in [-0.3, -0.25) is 9.48 Å². The fourth-order valence-corrected chi connectivity index (χ4v) is 3.46. The van der Waals surface area contributed by atoms with Gasteiger partial charge in [0, 0.05) is 29.3 Å². The number of hydrogen-bond acceptors (Lipinski definition) is 3. The molecule has 1 aromatic heterocycles. The summed E-state index contributed by atoms with van der Waals surface area (Å²) in [6.45, 7) is 0.430. The number of aryl methyl sites for hydroxylation is 2. The molecule has 2 aromatic rings. The largest absolute Gasteiger partial charge is 0.488 e. The Morgan fingerprint density at radius 2 is 2.28 bits per heavy atom. The SMILES string of the molecule is Cn1nc2c(c1NC(=O)/C=C/C1=Cc3cc(Cl)ccc3OC1)CCC2. The molecule has 6 heteroatoms. The number of carbonyl (C=O) groups is 1. The Morgan fingerprint density at radius 3 is 3.16 bits per heavy atom. The number of amides is 1. The monoisotopic (exact) mass is 355 g/mol. The molecule has 0 bridgehead atoms. The number of fused-ring (bicyclic) bond motifs is 2. The van der Waals surface area contributed by atoms with Crippen LogP contribution < -0.4 is 10.1 Å². The van der Waals surface area contributed by atoms with E-state index in [1.165, 1.54) is 6.08 Å². The van der Waals surface area contributed by atoms with Gasteiger partial charge in [0.25, 0.3) is 0 Å². The number of aromatic nitrogens is 2. The Balaban J connectivity index is 1.48. The van der Waals surface area contributed by atoms with Gasteiger partial charge in [0.05, 0.1) is 5.69 Å². The molecule has 2 heterocycles. The van der Waals surface area contributed by atoms with Gasteiger partial charge in [-0.2, -0.15) is 5.10 Å². The van der Waals surface area contributed by atoms with Gasteiger partial charge in [-0.15, -0.1) is 0 Å². The van der Waals surface area contributed by atoms with Crippen molar-refractivity contribution in [1.29, 1.82) is 0 Å². The van der Waals surface area contributed by atoms with Crippen molar-refractivity contribution >= 4 is 29.4 Å². The predicted octanol–water partition coefficient (Wildman–Crippen LogP) is 3.53. The highest BCUT2D eigenvalue weighted by atomic mass is 35.5. The summed E-state index contributed by atoms with van der Waals surface area (Å²) in [5.74, 6) is 1.43. The second-order valence-electron chi connectivity index (χ2n) is 6.26. The summed E-state index contributed by atoms with van der Waals surface area (Å²) in [6.07, 6.45) is 8.34. The van der Waals surface area contributed by atoms with Crippen LogP contribution in [0.5, 0.6) is 5.75 Å². The van der Waals surface area contributed by atoms with Gasteiger partial charge in [-0.05, 0) is 49.1 Å². The molecule has 1 aliphatic carbocycles. The number of benzene rings is 1. The van der Waals surface area contributed by atoms with E-state index in [0.717, 1.165) is 53.2 Å². The minimum Gasteiger partial charge on any atom is -0.488 e. The lowest BCUT2D eigenvalue weighted by Crippen LogP contribution is -2.13. The van der Waals surface area contributed by atoms with Crippen molar-refractivity contribution < 1.29 is 9.53 Å². The van der Waals surface area contributed by atoms with E-state index >= 15 is 0 Å². The van der Waals surface area contributed by atoms with E-state index in [1.807, 2.05) is 25.3 Å². The molecule has 0 fully saturated rings. The molecule has 0 saturated heterocycles. The maximum Gasteiger partial charge on any atom is 0.249 e. The van der Waals surface area contributed by atoms with Gasteiger partial charge in [-0.25, -0.2) is 0 Å². The van der Waals surface area contributed by atoms with Crippen molar-refractivity contribution in [3.8, 4) is 5.75 Å². The summed E-state index contributed by atoms with van der Waals surface area (Å²) in [5, 5.41) is 8.06. The molecule has 2 aliphatic rings. The fourth-order valence-electron chi connectivity index (χ4n) is 3.28. The Labute approximate surface area is 150 Å². The molecule has 25 heavy (non-hydrogen) atoms. The number of carbonyl (C=O) groups excluding carboxylic acids is 1. The zero-order valence-corrected chi connectivity index (χ0v) is 14.6. The van der Waals surface area contributed by atoms with Gasteiger partial charge < -0.3 is 10.1 Å². The van der Waals surface area contributed by atoms with Crippen LogP contribution in [-0.4, -0.2) is 22.3 Å². The van der Waals surface area contributed by atoms with Crippen molar-refractivity contribution in [3.63, 3.8) is 0 Å². The van der Waals surface area contributed by atoms with Gasteiger partial charge in [-0.1, -0.05) is 17.7 Å². The molecule has 0 atom stereocenters. The van der Waals surface area contributed by atoms with Crippen molar-refractivity contribution in [1.82, 2.24) is 9.78 Å². The summed E-state index contributed by atoms with van der Waals surface area (Å²) in [6, 6.07) is 5.50. The van der Waals surface area contributed by atoms with Crippen LogP contribution in [0.25, 0.3) is 6.08 Å². The van der Waals surface area contributed by atoms with E-state index in [4.69, 9.17) is 16.3 Å². The fraction of sp³-hybridized carbons (Fsp3) is 0.263. The van der Waals surface area contributed by atoms with E-state index in [1.54, 1.807) is 16.8 Å². The zero-order valence-electron chi connectivity index (χ0n) is 13.9. The summed E-state index contributed by atoms with van der Waals surface area (Å²) >= 11 is 6.02. The molecule has 0 radical (unpaired) electrons. The smallest absolute Gasteiger partial charge is 0.249 e. The highest BCUT2D eigenvalue weighted by molar-refractivity contribution is 6.30. The number of hydrogen-bond donors (Lipinski definition) is 1. The third-order valence-corrected chi connectivity index (χ3v) is 4.70. The maximum absolute atomic E-state index is 12.3. The summed E-state index contributed by atoms with van der Waals surface area (Å²) in [5.41, 5.74) is 4.09. The lowest BCUT2D eigenvalue weighted by molar-refractivity contribution is -0.112. The first-order valence-corrected chi connectivity index (χ1v) is 8.65. The molecule has 4 rings (SSSR count). The quantitative estimate of drug-likeness (QED) is 0.857. The molecular weight excluding hydrogens is 338 g/mol. The van der Waals surface area contributed by atoms with E-state index in [9.17, 15) is 4.79 Å². The van der Waals surface area contributed by atoms with Crippen molar-refractivity contribution in [2.24, 2.45) is 7.05 Å². The van der Waals surface area contributed by atoms with Gasteiger partial charge in [0.15, 0.2) is 0 Å². The lowest BCUT2D eigenvalue weighted by Gasteiger charge is -2.16. The Kier molecular flexibility index (Phi) is 4.09. The van der Waals surface area contributed by atoms with Gasteiger partial charge >= 0.3 is 0 Å². The summed E-state index contributed by atoms with van der Waals surface area (Å²) in [4.78, 5) is 12.3. The first-order chi connectivity index (χ1) is 12.1.